The van der Waals surface area contributed by atoms with E-state index in [1.54, 1.807) is 7.11 Å². The molecule has 0 amide bonds. The summed E-state index contributed by atoms with van der Waals surface area (Å²) in [5.74, 6) is 1.60. The summed E-state index contributed by atoms with van der Waals surface area (Å²) in [4.78, 5) is 9.35. The van der Waals surface area contributed by atoms with E-state index in [1.165, 1.54) is 5.69 Å². The van der Waals surface area contributed by atoms with Gasteiger partial charge in [0, 0.05) is 38.4 Å². The molecule has 150 valence electrons. The fourth-order valence-corrected chi connectivity index (χ4v) is 3.37. The van der Waals surface area contributed by atoms with Crippen LogP contribution in [0.1, 0.15) is 18.6 Å². The second kappa shape index (κ2) is 9.99. The number of anilines is 1. The van der Waals surface area contributed by atoms with Crippen LogP contribution in [0.3, 0.4) is 0 Å². The van der Waals surface area contributed by atoms with Crippen molar-refractivity contribution in [2.45, 2.75) is 13.0 Å². The highest BCUT2D eigenvalue weighted by molar-refractivity contribution is 5.80. The smallest absolute Gasteiger partial charge is 0.194 e. The number of ether oxygens (including phenoxy) is 1. The maximum atomic E-state index is 10.5. The molecule has 28 heavy (non-hydrogen) atoms. The molecule has 1 fully saturated rings. The molecule has 0 bridgehead atoms. The number of piperazine rings is 1. The van der Waals surface area contributed by atoms with Gasteiger partial charge in [0.2, 0.25) is 0 Å². The van der Waals surface area contributed by atoms with Gasteiger partial charge in [-0.15, -0.1) is 0 Å². The molecule has 1 heterocycles. The van der Waals surface area contributed by atoms with Crippen LogP contribution in [0.5, 0.6) is 5.75 Å². The second-order valence-electron chi connectivity index (χ2n) is 6.80. The summed E-state index contributed by atoms with van der Waals surface area (Å²) < 4.78 is 5.24. The van der Waals surface area contributed by atoms with Crippen molar-refractivity contribution in [3.8, 4) is 5.75 Å². The molecular weight excluding hydrogens is 352 g/mol. The maximum Gasteiger partial charge on any atom is 0.194 e. The number of hydrogen-bond acceptors (Lipinski definition) is 4. The van der Waals surface area contributed by atoms with Crippen molar-refractivity contribution < 1.29 is 9.84 Å². The van der Waals surface area contributed by atoms with E-state index in [0.29, 0.717) is 6.54 Å². The number of aliphatic hydroxyl groups excluding tert-OH is 1. The molecule has 6 heteroatoms. The highest BCUT2D eigenvalue weighted by atomic mass is 16.5. The van der Waals surface area contributed by atoms with Crippen LogP contribution in [0.4, 0.5) is 5.69 Å². The maximum absolute atomic E-state index is 10.5. The van der Waals surface area contributed by atoms with E-state index in [-0.39, 0.29) is 0 Å². The number of benzene rings is 2. The number of para-hydroxylation sites is 1. The van der Waals surface area contributed by atoms with Crippen molar-refractivity contribution in [3.05, 3.63) is 60.2 Å². The Balaban J connectivity index is 1.61. The molecule has 2 aromatic carbocycles. The topological polar surface area (TPSA) is 60.3 Å². The lowest BCUT2D eigenvalue weighted by Crippen LogP contribution is -2.52. The first-order valence-corrected chi connectivity index (χ1v) is 9.86. The van der Waals surface area contributed by atoms with Gasteiger partial charge in [-0.1, -0.05) is 30.3 Å². The van der Waals surface area contributed by atoms with Crippen LogP contribution < -0.4 is 15.0 Å². The molecule has 0 aliphatic carbocycles. The first-order chi connectivity index (χ1) is 13.7. The van der Waals surface area contributed by atoms with Crippen LogP contribution in [0.15, 0.2) is 59.6 Å². The van der Waals surface area contributed by atoms with Crippen molar-refractivity contribution in [2.75, 3.05) is 51.3 Å². The lowest BCUT2D eigenvalue weighted by atomic mass is 10.1. The number of hydrogen-bond donors (Lipinski definition) is 2. The number of guanidine groups is 1. The number of nitrogens with one attached hydrogen (secondary N) is 1. The summed E-state index contributed by atoms with van der Waals surface area (Å²) >= 11 is 0. The van der Waals surface area contributed by atoms with Crippen LogP contribution in [0.25, 0.3) is 0 Å². The van der Waals surface area contributed by atoms with Crippen LogP contribution in [-0.4, -0.2) is 62.3 Å². The minimum atomic E-state index is -0.658. The Bertz CT molecular complexity index is 758. The molecule has 1 aliphatic heterocycles. The number of aliphatic hydroxyl groups is 1. The third kappa shape index (κ3) is 5.16. The SMILES string of the molecule is CCNC(=NCC(O)c1cccc(OC)c1)N1CCN(c2ccccc2)CC1. The van der Waals surface area contributed by atoms with E-state index < -0.39 is 6.10 Å². The van der Waals surface area contributed by atoms with Gasteiger partial charge < -0.3 is 25.0 Å². The van der Waals surface area contributed by atoms with E-state index in [0.717, 1.165) is 50.0 Å². The molecule has 3 rings (SSSR count). The molecule has 1 unspecified atom stereocenters. The third-order valence-corrected chi connectivity index (χ3v) is 4.93. The predicted molar refractivity (Wildman–Crippen MR) is 114 cm³/mol. The van der Waals surface area contributed by atoms with Gasteiger partial charge in [-0.3, -0.25) is 4.99 Å². The van der Waals surface area contributed by atoms with Crippen molar-refractivity contribution in [3.63, 3.8) is 0 Å². The van der Waals surface area contributed by atoms with Gasteiger partial charge in [0.05, 0.1) is 19.8 Å². The zero-order valence-electron chi connectivity index (χ0n) is 16.7. The number of rotatable bonds is 6. The van der Waals surface area contributed by atoms with E-state index in [1.807, 2.05) is 30.3 Å². The van der Waals surface area contributed by atoms with Crippen molar-refractivity contribution in [2.24, 2.45) is 4.99 Å². The Kier molecular flexibility index (Phi) is 7.14. The molecule has 2 aromatic rings. The zero-order chi connectivity index (χ0) is 19.8. The van der Waals surface area contributed by atoms with E-state index in [4.69, 9.17) is 4.74 Å². The Morgan fingerprint density at radius 2 is 1.86 bits per heavy atom. The van der Waals surface area contributed by atoms with Gasteiger partial charge in [-0.2, -0.15) is 0 Å². The Labute approximate surface area is 167 Å². The van der Waals surface area contributed by atoms with E-state index in [9.17, 15) is 5.11 Å². The molecule has 2 N–H and O–H groups in total. The largest absolute Gasteiger partial charge is 0.497 e. The van der Waals surface area contributed by atoms with Gasteiger partial charge in [0.15, 0.2) is 5.96 Å². The molecule has 6 nitrogen and oxygen atoms in total. The van der Waals surface area contributed by atoms with Gasteiger partial charge in [0.25, 0.3) is 0 Å². The first-order valence-electron chi connectivity index (χ1n) is 9.86. The molecule has 1 atom stereocenters. The van der Waals surface area contributed by atoms with Crippen LogP contribution >= 0.6 is 0 Å². The van der Waals surface area contributed by atoms with Gasteiger partial charge >= 0.3 is 0 Å². The van der Waals surface area contributed by atoms with Gasteiger partial charge in [-0.05, 0) is 36.8 Å². The Morgan fingerprint density at radius 3 is 2.54 bits per heavy atom. The Hall–Kier alpha value is -2.73. The van der Waals surface area contributed by atoms with E-state index in [2.05, 4.69) is 51.3 Å². The minimum absolute atomic E-state index is 0.314. The quantitative estimate of drug-likeness (QED) is 0.594. The van der Waals surface area contributed by atoms with E-state index >= 15 is 0 Å². The van der Waals surface area contributed by atoms with Crippen molar-refractivity contribution in [1.82, 2.24) is 10.2 Å². The third-order valence-electron chi connectivity index (χ3n) is 4.93. The molecule has 0 aromatic heterocycles. The number of methoxy groups -OCH3 is 1. The fourth-order valence-electron chi connectivity index (χ4n) is 3.37. The average molecular weight is 383 g/mol. The molecule has 0 saturated carbocycles. The standard InChI is InChI=1S/C22H30N4O2/c1-3-23-22(24-17-21(27)18-8-7-11-20(16-18)28-2)26-14-12-25(13-15-26)19-9-5-4-6-10-19/h4-11,16,21,27H,3,12-15,17H2,1-2H3,(H,23,24). The van der Waals surface area contributed by atoms with Crippen molar-refractivity contribution >= 4 is 11.6 Å². The Morgan fingerprint density at radius 1 is 1.11 bits per heavy atom. The molecular formula is C22H30N4O2. The molecule has 1 aliphatic rings. The molecule has 0 spiro atoms. The van der Waals surface area contributed by atoms with Crippen molar-refractivity contribution in [1.29, 1.82) is 0 Å². The average Bonchev–Trinajstić information content (AvgIpc) is 2.77. The summed E-state index contributed by atoms with van der Waals surface area (Å²) in [5, 5.41) is 13.9. The first kappa shape index (κ1) is 20.0. The minimum Gasteiger partial charge on any atom is -0.497 e. The summed E-state index contributed by atoms with van der Waals surface area (Å²) in [5.41, 5.74) is 2.07. The highest BCUT2D eigenvalue weighted by Gasteiger charge is 2.20. The summed E-state index contributed by atoms with van der Waals surface area (Å²) in [6, 6.07) is 18.0. The number of aliphatic imine (C=N–C) groups is 1. The lowest BCUT2D eigenvalue weighted by molar-refractivity contribution is 0.186. The summed E-state index contributed by atoms with van der Waals surface area (Å²) in [7, 11) is 1.63. The summed E-state index contributed by atoms with van der Waals surface area (Å²) in [6.07, 6.45) is -0.658. The number of nitrogens with zero attached hydrogens (tertiary/aromatic N) is 3. The molecule has 0 radical (unpaired) electrons. The van der Waals surface area contributed by atoms with Gasteiger partial charge in [-0.25, -0.2) is 0 Å². The van der Waals surface area contributed by atoms with Gasteiger partial charge in [0.1, 0.15) is 5.75 Å². The normalized spacial score (nSPS) is 16.0. The monoisotopic (exact) mass is 382 g/mol. The van der Waals surface area contributed by atoms with Crippen LogP contribution in [0.2, 0.25) is 0 Å². The zero-order valence-corrected chi connectivity index (χ0v) is 16.7. The second-order valence-corrected chi connectivity index (χ2v) is 6.80. The van der Waals surface area contributed by atoms with Crippen LogP contribution in [-0.2, 0) is 0 Å². The summed E-state index contributed by atoms with van der Waals surface area (Å²) in [6.45, 7) is 6.88. The lowest BCUT2D eigenvalue weighted by Gasteiger charge is -2.37. The van der Waals surface area contributed by atoms with Crippen LogP contribution in [0, 0.1) is 0 Å². The predicted octanol–water partition coefficient (Wildman–Crippen LogP) is 2.52. The molecule has 1 saturated heterocycles. The highest BCUT2D eigenvalue weighted by Crippen LogP contribution is 2.20. The fraction of sp³-hybridized carbons (Fsp3) is 0.409.